The number of halogens is 1. The summed E-state index contributed by atoms with van der Waals surface area (Å²) in [5.41, 5.74) is 0.375. The lowest BCUT2D eigenvalue weighted by Crippen LogP contribution is -2.33. The standard InChI is InChI=1S/C17H28BrNO/c1-4-6-11-17(5-2,14-19-3)12-13-20-16-9-7-15(18)8-10-16/h7-10,19H,4-6,11-14H2,1-3H3. The summed E-state index contributed by atoms with van der Waals surface area (Å²) in [5, 5.41) is 3.36. The van der Waals surface area contributed by atoms with Crippen molar-refractivity contribution in [3.63, 3.8) is 0 Å². The summed E-state index contributed by atoms with van der Waals surface area (Å²) >= 11 is 3.44. The first-order chi connectivity index (χ1) is 9.65. The molecule has 1 aromatic rings. The van der Waals surface area contributed by atoms with E-state index in [1.54, 1.807) is 0 Å². The van der Waals surface area contributed by atoms with Crippen LogP contribution in [0, 0.1) is 5.41 Å². The van der Waals surface area contributed by atoms with Crippen LogP contribution >= 0.6 is 15.9 Å². The Hall–Kier alpha value is -0.540. The molecule has 0 aromatic heterocycles. The van der Waals surface area contributed by atoms with Gasteiger partial charge in [-0.15, -0.1) is 0 Å². The van der Waals surface area contributed by atoms with Crippen molar-refractivity contribution in [1.82, 2.24) is 5.32 Å². The number of rotatable bonds is 10. The maximum atomic E-state index is 5.90. The number of hydrogen-bond acceptors (Lipinski definition) is 2. The predicted molar refractivity (Wildman–Crippen MR) is 90.4 cm³/mol. The zero-order valence-corrected chi connectivity index (χ0v) is 14.6. The highest BCUT2D eigenvalue weighted by Crippen LogP contribution is 2.32. The summed E-state index contributed by atoms with van der Waals surface area (Å²) in [4.78, 5) is 0. The molecule has 1 unspecified atom stereocenters. The minimum atomic E-state index is 0.375. The fourth-order valence-electron chi connectivity index (χ4n) is 2.62. The quantitative estimate of drug-likeness (QED) is 0.644. The summed E-state index contributed by atoms with van der Waals surface area (Å²) < 4.78 is 6.98. The molecule has 0 aliphatic carbocycles. The molecule has 20 heavy (non-hydrogen) atoms. The molecule has 0 bridgehead atoms. The molecule has 1 atom stereocenters. The van der Waals surface area contributed by atoms with Gasteiger partial charge in [0.25, 0.3) is 0 Å². The Morgan fingerprint density at radius 3 is 2.40 bits per heavy atom. The number of unbranched alkanes of at least 4 members (excludes halogenated alkanes) is 1. The molecule has 0 fully saturated rings. The van der Waals surface area contributed by atoms with Crippen molar-refractivity contribution in [2.24, 2.45) is 5.41 Å². The molecular weight excluding hydrogens is 314 g/mol. The molecule has 2 nitrogen and oxygen atoms in total. The molecule has 0 saturated carbocycles. The van der Waals surface area contributed by atoms with Gasteiger partial charge in [0.05, 0.1) is 6.61 Å². The van der Waals surface area contributed by atoms with Crippen LogP contribution in [0.3, 0.4) is 0 Å². The van der Waals surface area contributed by atoms with Crippen molar-refractivity contribution in [3.05, 3.63) is 28.7 Å². The third-order valence-corrected chi connectivity index (χ3v) is 4.61. The van der Waals surface area contributed by atoms with Gasteiger partial charge in [-0.2, -0.15) is 0 Å². The Labute approximate surface area is 132 Å². The van der Waals surface area contributed by atoms with Crippen LogP contribution < -0.4 is 10.1 Å². The average molecular weight is 342 g/mol. The molecule has 1 N–H and O–H groups in total. The minimum Gasteiger partial charge on any atom is -0.494 e. The van der Waals surface area contributed by atoms with E-state index in [0.717, 1.165) is 29.8 Å². The molecule has 0 aliphatic heterocycles. The van der Waals surface area contributed by atoms with Crippen molar-refractivity contribution < 1.29 is 4.74 Å². The summed E-state index contributed by atoms with van der Waals surface area (Å²) in [6, 6.07) is 8.07. The molecule has 0 radical (unpaired) electrons. The SMILES string of the molecule is CCCCC(CC)(CCOc1ccc(Br)cc1)CNC. The molecule has 3 heteroatoms. The third kappa shape index (κ3) is 5.84. The maximum absolute atomic E-state index is 5.90. The molecule has 0 aliphatic rings. The maximum Gasteiger partial charge on any atom is 0.119 e. The number of ether oxygens (including phenoxy) is 1. The first-order valence-electron chi connectivity index (χ1n) is 7.69. The van der Waals surface area contributed by atoms with E-state index >= 15 is 0 Å². The van der Waals surface area contributed by atoms with Crippen LogP contribution in [0.1, 0.15) is 46.0 Å². The topological polar surface area (TPSA) is 21.3 Å². The van der Waals surface area contributed by atoms with E-state index in [9.17, 15) is 0 Å². The zero-order chi connectivity index (χ0) is 14.8. The highest BCUT2D eigenvalue weighted by Gasteiger charge is 2.26. The highest BCUT2D eigenvalue weighted by atomic mass is 79.9. The Morgan fingerprint density at radius 2 is 1.85 bits per heavy atom. The van der Waals surface area contributed by atoms with E-state index in [1.165, 1.54) is 25.7 Å². The molecule has 1 rings (SSSR count). The van der Waals surface area contributed by atoms with Crippen LogP contribution in [0.25, 0.3) is 0 Å². The zero-order valence-electron chi connectivity index (χ0n) is 13.0. The molecular formula is C17H28BrNO. The Bertz CT molecular complexity index is 366. The van der Waals surface area contributed by atoms with Gasteiger partial charge >= 0.3 is 0 Å². The Morgan fingerprint density at radius 1 is 1.15 bits per heavy atom. The van der Waals surface area contributed by atoms with E-state index in [1.807, 2.05) is 31.3 Å². The second-order valence-electron chi connectivity index (χ2n) is 5.54. The van der Waals surface area contributed by atoms with Gasteiger partial charge in [-0.1, -0.05) is 42.6 Å². The van der Waals surface area contributed by atoms with Crippen LogP contribution in [0.15, 0.2) is 28.7 Å². The second-order valence-corrected chi connectivity index (χ2v) is 6.46. The summed E-state index contributed by atoms with van der Waals surface area (Å²) in [6.45, 7) is 6.43. The largest absolute Gasteiger partial charge is 0.494 e. The van der Waals surface area contributed by atoms with Gasteiger partial charge in [-0.3, -0.25) is 0 Å². The summed E-state index contributed by atoms with van der Waals surface area (Å²) in [5.74, 6) is 0.957. The van der Waals surface area contributed by atoms with Gasteiger partial charge in [0, 0.05) is 11.0 Å². The third-order valence-electron chi connectivity index (χ3n) is 4.08. The predicted octanol–water partition coefficient (Wildman–Crippen LogP) is 5.02. The Kier molecular flexibility index (Phi) is 8.24. The highest BCUT2D eigenvalue weighted by molar-refractivity contribution is 9.10. The Balaban J connectivity index is 2.50. The van der Waals surface area contributed by atoms with Crippen LogP contribution in [0.4, 0.5) is 0 Å². The lowest BCUT2D eigenvalue weighted by molar-refractivity contribution is 0.168. The number of hydrogen-bond donors (Lipinski definition) is 1. The van der Waals surface area contributed by atoms with Gasteiger partial charge in [-0.05, 0) is 56.0 Å². The first kappa shape index (κ1) is 17.5. The van der Waals surface area contributed by atoms with E-state index in [2.05, 4.69) is 35.1 Å². The van der Waals surface area contributed by atoms with Gasteiger partial charge in [0.2, 0.25) is 0 Å². The number of benzene rings is 1. The van der Waals surface area contributed by atoms with Gasteiger partial charge < -0.3 is 10.1 Å². The molecule has 0 amide bonds. The normalized spacial score (nSPS) is 14.0. The van der Waals surface area contributed by atoms with Crippen molar-refractivity contribution >= 4 is 15.9 Å². The van der Waals surface area contributed by atoms with E-state index < -0.39 is 0 Å². The monoisotopic (exact) mass is 341 g/mol. The molecule has 0 heterocycles. The van der Waals surface area contributed by atoms with E-state index in [-0.39, 0.29) is 0 Å². The van der Waals surface area contributed by atoms with Crippen molar-refractivity contribution in [1.29, 1.82) is 0 Å². The fraction of sp³-hybridized carbons (Fsp3) is 0.647. The van der Waals surface area contributed by atoms with Crippen molar-refractivity contribution in [2.75, 3.05) is 20.2 Å². The van der Waals surface area contributed by atoms with E-state index in [0.29, 0.717) is 5.41 Å². The van der Waals surface area contributed by atoms with Crippen molar-refractivity contribution in [2.45, 2.75) is 46.0 Å². The summed E-state index contributed by atoms with van der Waals surface area (Å²) in [6.07, 6.45) is 6.16. The van der Waals surface area contributed by atoms with Gasteiger partial charge in [0.1, 0.15) is 5.75 Å². The van der Waals surface area contributed by atoms with Crippen LogP contribution in [-0.2, 0) is 0 Å². The van der Waals surface area contributed by atoms with E-state index in [4.69, 9.17) is 4.74 Å². The van der Waals surface area contributed by atoms with Gasteiger partial charge in [-0.25, -0.2) is 0 Å². The second kappa shape index (κ2) is 9.41. The lowest BCUT2D eigenvalue weighted by Gasteiger charge is -2.33. The fourth-order valence-corrected chi connectivity index (χ4v) is 2.89. The summed E-state index contributed by atoms with van der Waals surface area (Å²) in [7, 11) is 2.05. The minimum absolute atomic E-state index is 0.375. The first-order valence-corrected chi connectivity index (χ1v) is 8.48. The van der Waals surface area contributed by atoms with Crippen LogP contribution in [0.2, 0.25) is 0 Å². The smallest absolute Gasteiger partial charge is 0.119 e. The molecule has 114 valence electrons. The molecule has 0 saturated heterocycles. The van der Waals surface area contributed by atoms with Gasteiger partial charge in [0.15, 0.2) is 0 Å². The van der Waals surface area contributed by atoms with Crippen molar-refractivity contribution in [3.8, 4) is 5.75 Å². The van der Waals surface area contributed by atoms with Crippen LogP contribution in [-0.4, -0.2) is 20.2 Å². The molecule has 0 spiro atoms. The number of nitrogens with one attached hydrogen (secondary N) is 1. The average Bonchev–Trinajstić information content (AvgIpc) is 2.47. The molecule has 1 aromatic carbocycles. The lowest BCUT2D eigenvalue weighted by atomic mass is 9.77. The van der Waals surface area contributed by atoms with Crippen LogP contribution in [0.5, 0.6) is 5.75 Å².